The van der Waals surface area contributed by atoms with E-state index in [1.165, 1.54) is 5.69 Å². The first-order chi connectivity index (χ1) is 16.9. The van der Waals surface area contributed by atoms with E-state index in [4.69, 9.17) is 10.2 Å². The smallest absolute Gasteiger partial charge is 0.409 e. The molecule has 7 nitrogen and oxygen atoms in total. The van der Waals surface area contributed by atoms with Gasteiger partial charge in [0.1, 0.15) is 0 Å². The monoisotopic (exact) mass is 508 g/mol. The fraction of sp³-hybridized carbons (Fsp3) is 0.464. The van der Waals surface area contributed by atoms with Crippen molar-refractivity contribution in [1.82, 2.24) is 4.98 Å². The van der Waals surface area contributed by atoms with Gasteiger partial charge in [0.15, 0.2) is 8.32 Å². The van der Waals surface area contributed by atoms with Gasteiger partial charge in [-0.3, -0.25) is 5.32 Å². The van der Waals surface area contributed by atoms with E-state index in [2.05, 4.69) is 67.3 Å². The van der Waals surface area contributed by atoms with Crippen molar-refractivity contribution in [3.8, 4) is 0 Å². The topological polar surface area (TPSA) is 104 Å². The zero-order chi connectivity index (χ0) is 26.3. The van der Waals surface area contributed by atoms with Crippen molar-refractivity contribution in [3.63, 3.8) is 0 Å². The van der Waals surface area contributed by atoms with Crippen molar-refractivity contribution in [2.75, 3.05) is 29.9 Å². The van der Waals surface area contributed by atoms with Crippen LogP contribution < -0.4 is 16.0 Å². The van der Waals surface area contributed by atoms with Crippen molar-refractivity contribution in [2.45, 2.75) is 64.3 Å². The van der Waals surface area contributed by atoms with Gasteiger partial charge in [-0.1, -0.05) is 39.0 Å². The van der Waals surface area contributed by atoms with Gasteiger partial charge < -0.3 is 25.2 Å². The summed E-state index contributed by atoms with van der Waals surface area (Å²) in [7, 11) is -1.79. The molecule has 1 fully saturated rings. The first-order valence-electron chi connectivity index (χ1n) is 12.7. The van der Waals surface area contributed by atoms with Gasteiger partial charge in [-0.15, -0.1) is 0 Å². The number of hydrogen-bond acceptors (Lipinski definition) is 4. The largest absolute Gasteiger partial charge is 0.465 e. The molecular formula is C28H40N4O3Si. The molecule has 0 spiro atoms. The number of benzene rings is 2. The third-order valence-corrected chi connectivity index (χ3v) is 12.6. The van der Waals surface area contributed by atoms with Crippen LogP contribution in [0.4, 0.5) is 16.2 Å². The number of aromatic amines is 1. The molecule has 0 saturated carbocycles. The van der Waals surface area contributed by atoms with E-state index in [-0.39, 0.29) is 17.1 Å². The second-order valence-electron chi connectivity index (χ2n) is 11.4. The number of H-pyrrole nitrogens is 1. The normalized spacial score (nSPS) is 17.5. The maximum atomic E-state index is 11.2. The lowest BCUT2D eigenvalue weighted by Gasteiger charge is -2.38. The Morgan fingerprint density at radius 3 is 2.69 bits per heavy atom. The average molecular weight is 509 g/mol. The summed E-state index contributed by atoms with van der Waals surface area (Å²) < 4.78 is 6.68. The number of aromatic nitrogens is 1. The summed E-state index contributed by atoms with van der Waals surface area (Å²) in [5.74, 6) is -0.0469. The molecule has 36 heavy (non-hydrogen) atoms. The molecule has 1 aliphatic heterocycles. The Morgan fingerprint density at radius 1 is 1.28 bits per heavy atom. The van der Waals surface area contributed by atoms with E-state index < -0.39 is 14.4 Å². The third-order valence-electron chi connectivity index (χ3n) is 8.08. The van der Waals surface area contributed by atoms with Gasteiger partial charge in [0.2, 0.25) is 0 Å². The van der Waals surface area contributed by atoms with Gasteiger partial charge in [-0.05, 0) is 66.4 Å². The van der Waals surface area contributed by atoms with Crippen LogP contribution in [0.1, 0.15) is 49.8 Å². The van der Waals surface area contributed by atoms with Crippen LogP contribution in [0.3, 0.4) is 0 Å². The van der Waals surface area contributed by atoms with E-state index in [1.54, 1.807) is 6.07 Å². The van der Waals surface area contributed by atoms with E-state index in [0.717, 1.165) is 47.1 Å². The van der Waals surface area contributed by atoms with E-state index in [1.807, 2.05) is 25.3 Å². The number of amides is 1. The summed E-state index contributed by atoms with van der Waals surface area (Å²) >= 11 is 0. The molecule has 8 heteroatoms. The second kappa shape index (κ2) is 9.92. The Labute approximate surface area is 215 Å². The summed E-state index contributed by atoms with van der Waals surface area (Å²) in [6, 6.07) is 12.3. The first kappa shape index (κ1) is 26.3. The number of nitrogens with two attached hydrogens (primary N) is 1. The van der Waals surface area contributed by atoms with Crippen LogP contribution in [0, 0.1) is 6.92 Å². The Balaban J connectivity index is 1.56. The first-order valence-corrected chi connectivity index (χ1v) is 15.7. The van der Waals surface area contributed by atoms with Crippen LogP contribution in [-0.2, 0) is 4.43 Å². The fourth-order valence-electron chi connectivity index (χ4n) is 4.98. The molecule has 2 heterocycles. The summed E-state index contributed by atoms with van der Waals surface area (Å²) in [6.07, 6.45) is 2.29. The van der Waals surface area contributed by atoms with Crippen LogP contribution in [0.15, 0.2) is 42.6 Å². The molecule has 0 bridgehead atoms. The van der Waals surface area contributed by atoms with Gasteiger partial charge >= 0.3 is 6.09 Å². The number of carboxylic acid groups (broad SMARTS) is 1. The van der Waals surface area contributed by atoms with Gasteiger partial charge in [-0.25, -0.2) is 4.79 Å². The number of fused-ring (bicyclic) bond motifs is 1. The minimum Gasteiger partial charge on any atom is -0.465 e. The van der Waals surface area contributed by atoms with Gasteiger partial charge in [0, 0.05) is 54.0 Å². The molecule has 194 valence electrons. The minimum atomic E-state index is -1.79. The highest BCUT2D eigenvalue weighted by Gasteiger charge is 2.40. The Hall–Kier alpha value is -2.81. The molecule has 0 aliphatic carbocycles. The van der Waals surface area contributed by atoms with E-state index in [9.17, 15) is 9.90 Å². The van der Waals surface area contributed by atoms with Crippen molar-refractivity contribution in [3.05, 3.63) is 59.3 Å². The quantitative estimate of drug-likeness (QED) is 0.282. The van der Waals surface area contributed by atoms with E-state index in [0.29, 0.717) is 12.2 Å². The van der Waals surface area contributed by atoms with E-state index >= 15 is 0 Å². The number of rotatable bonds is 7. The van der Waals surface area contributed by atoms with Crippen LogP contribution in [0.25, 0.3) is 10.9 Å². The van der Waals surface area contributed by atoms with Crippen LogP contribution in [0.2, 0.25) is 18.1 Å². The SMILES string of the molecule is Cc1c(NC(=O)O)cccc1C(CN)c1c[nH]c2cc(N3CCC(O[Si](C)(C)C(C)(C)C)C3)ccc12. The maximum Gasteiger partial charge on any atom is 0.409 e. The zero-order valence-corrected chi connectivity index (χ0v) is 23.3. The van der Waals surface area contributed by atoms with Crippen molar-refractivity contribution in [2.24, 2.45) is 5.73 Å². The summed E-state index contributed by atoms with van der Waals surface area (Å²) in [5.41, 5.74) is 12.2. The standard InChI is InChI=1S/C28H40N4O3Si/c1-18-21(8-7-9-25(18)31-27(33)34)23(15-29)24-16-30-26-14-19(10-11-22(24)26)32-13-12-20(17-32)35-36(5,6)28(2,3)4/h7-11,14,16,20,23,30-31H,12-13,15,17,29H2,1-6H3,(H,33,34). The zero-order valence-electron chi connectivity index (χ0n) is 22.3. The number of carbonyl (C=O) groups is 1. The molecule has 5 N–H and O–H groups in total. The highest BCUT2D eigenvalue weighted by Crippen LogP contribution is 2.39. The van der Waals surface area contributed by atoms with Gasteiger partial charge in [0.25, 0.3) is 0 Å². The molecule has 1 aromatic heterocycles. The molecule has 2 atom stereocenters. The lowest BCUT2D eigenvalue weighted by molar-refractivity contribution is 0.202. The van der Waals surface area contributed by atoms with Crippen molar-refractivity contribution >= 4 is 36.7 Å². The molecule has 4 rings (SSSR count). The fourth-order valence-corrected chi connectivity index (χ4v) is 6.36. The predicted octanol–water partition coefficient (Wildman–Crippen LogP) is 6.26. The Kier molecular flexibility index (Phi) is 7.23. The molecule has 3 aromatic rings. The lowest BCUT2D eigenvalue weighted by atomic mass is 9.87. The number of nitrogens with one attached hydrogen (secondary N) is 2. The Morgan fingerprint density at radius 2 is 2.03 bits per heavy atom. The second-order valence-corrected chi connectivity index (χ2v) is 16.2. The maximum absolute atomic E-state index is 11.2. The number of nitrogens with zero attached hydrogens (tertiary/aromatic N) is 1. The third kappa shape index (κ3) is 5.16. The highest BCUT2D eigenvalue weighted by atomic mass is 28.4. The summed E-state index contributed by atoms with van der Waals surface area (Å²) in [4.78, 5) is 17.1. The molecule has 0 radical (unpaired) electrons. The number of anilines is 2. The Bertz CT molecular complexity index is 1250. The van der Waals surface area contributed by atoms with Crippen molar-refractivity contribution < 1.29 is 14.3 Å². The van der Waals surface area contributed by atoms with Crippen LogP contribution >= 0.6 is 0 Å². The van der Waals surface area contributed by atoms with Gasteiger partial charge in [0.05, 0.1) is 6.10 Å². The lowest BCUT2D eigenvalue weighted by Crippen LogP contribution is -2.44. The molecule has 1 amide bonds. The predicted molar refractivity (Wildman–Crippen MR) is 151 cm³/mol. The van der Waals surface area contributed by atoms with Crippen molar-refractivity contribution in [1.29, 1.82) is 0 Å². The van der Waals surface area contributed by atoms with Crippen LogP contribution in [0.5, 0.6) is 0 Å². The molecule has 1 aliphatic rings. The molecule has 1 saturated heterocycles. The number of hydrogen-bond donors (Lipinski definition) is 4. The average Bonchev–Trinajstić information content (AvgIpc) is 3.42. The molecule has 2 unspecified atom stereocenters. The molecule has 2 aromatic carbocycles. The van der Waals surface area contributed by atoms with Crippen LogP contribution in [-0.4, -0.2) is 50.2 Å². The molecular weight excluding hydrogens is 468 g/mol. The minimum absolute atomic E-state index is 0.0469. The summed E-state index contributed by atoms with van der Waals surface area (Å²) in [6.45, 7) is 15.8. The highest BCUT2D eigenvalue weighted by molar-refractivity contribution is 6.74. The summed E-state index contributed by atoms with van der Waals surface area (Å²) in [5, 5.41) is 13.0. The van der Waals surface area contributed by atoms with Gasteiger partial charge in [-0.2, -0.15) is 0 Å².